The van der Waals surface area contributed by atoms with Gasteiger partial charge in [0.25, 0.3) is 0 Å². The van der Waals surface area contributed by atoms with Crippen molar-refractivity contribution in [2.75, 3.05) is 0 Å². The molecule has 1 unspecified atom stereocenters. The van der Waals surface area contributed by atoms with Gasteiger partial charge in [-0.15, -0.1) is 11.6 Å². The van der Waals surface area contributed by atoms with Crippen LogP contribution in [0.15, 0.2) is 0 Å². The number of hydrogen-bond donors (Lipinski definition) is 1. The molecule has 1 amide bonds. The van der Waals surface area contributed by atoms with E-state index in [0.717, 1.165) is 12.8 Å². The van der Waals surface area contributed by atoms with Gasteiger partial charge in [-0.3, -0.25) is 4.79 Å². The predicted molar refractivity (Wildman–Crippen MR) is 54.9 cm³/mol. The van der Waals surface area contributed by atoms with Crippen molar-refractivity contribution in [2.45, 2.75) is 56.9 Å². The first-order valence-corrected chi connectivity index (χ1v) is 5.55. The first-order chi connectivity index (χ1) is 6.18. The highest BCUT2D eigenvalue weighted by Gasteiger charge is 2.16. The van der Waals surface area contributed by atoms with Crippen molar-refractivity contribution in [1.29, 1.82) is 0 Å². The van der Waals surface area contributed by atoms with Crippen molar-refractivity contribution in [3.63, 3.8) is 0 Å². The molecule has 0 spiro atoms. The van der Waals surface area contributed by atoms with E-state index < -0.39 is 0 Å². The monoisotopic (exact) mass is 203 g/mol. The summed E-state index contributed by atoms with van der Waals surface area (Å²) in [4.78, 5) is 11.3. The Kier molecular flexibility index (Phi) is 4.57. The van der Waals surface area contributed by atoms with Gasteiger partial charge in [0.15, 0.2) is 0 Å². The highest BCUT2D eigenvalue weighted by atomic mass is 35.5. The highest BCUT2D eigenvalue weighted by Crippen LogP contribution is 2.17. The molecule has 0 aromatic rings. The topological polar surface area (TPSA) is 29.1 Å². The van der Waals surface area contributed by atoms with Crippen LogP contribution < -0.4 is 5.32 Å². The van der Waals surface area contributed by atoms with Crippen LogP contribution in [0.4, 0.5) is 0 Å². The Morgan fingerprint density at radius 3 is 2.62 bits per heavy atom. The average molecular weight is 204 g/mol. The first-order valence-electron chi connectivity index (χ1n) is 5.12. The molecule has 0 saturated heterocycles. The number of halogens is 1. The Labute approximate surface area is 85.0 Å². The van der Waals surface area contributed by atoms with Crippen LogP contribution >= 0.6 is 11.6 Å². The highest BCUT2D eigenvalue weighted by molar-refractivity contribution is 6.21. The van der Waals surface area contributed by atoms with Crippen LogP contribution in [0.25, 0.3) is 0 Å². The smallest absolute Gasteiger partial charge is 0.221 e. The van der Waals surface area contributed by atoms with Gasteiger partial charge in [0.1, 0.15) is 0 Å². The van der Waals surface area contributed by atoms with Crippen molar-refractivity contribution < 1.29 is 4.79 Å². The lowest BCUT2D eigenvalue weighted by Crippen LogP contribution is -2.36. The third kappa shape index (κ3) is 4.51. The maximum Gasteiger partial charge on any atom is 0.221 e. The van der Waals surface area contributed by atoms with Crippen LogP contribution in [0, 0.1) is 0 Å². The predicted octanol–water partition coefficient (Wildman–Crippen LogP) is 2.45. The van der Waals surface area contributed by atoms with Gasteiger partial charge in [0.2, 0.25) is 5.91 Å². The minimum absolute atomic E-state index is 0.0522. The third-order valence-electron chi connectivity index (χ3n) is 2.44. The largest absolute Gasteiger partial charge is 0.353 e. The lowest BCUT2D eigenvalue weighted by Gasteiger charge is -2.22. The molecular formula is C10H18ClNO. The Balaban J connectivity index is 2.18. The molecular weight excluding hydrogens is 186 g/mol. The van der Waals surface area contributed by atoms with Crippen molar-refractivity contribution in [3.05, 3.63) is 0 Å². The molecule has 0 aromatic heterocycles. The van der Waals surface area contributed by atoms with E-state index in [2.05, 4.69) is 5.32 Å². The summed E-state index contributed by atoms with van der Waals surface area (Å²) in [6.07, 6.45) is 6.55. The summed E-state index contributed by atoms with van der Waals surface area (Å²) in [5, 5.41) is 2.97. The maximum absolute atomic E-state index is 11.3. The Morgan fingerprint density at radius 1 is 1.46 bits per heavy atom. The first kappa shape index (κ1) is 10.8. The minimum atomic E-state index is -0.0522. The fourth-order valence-electron chi connectivity index (χ4n) is 1.79. The minimum Gasteiger partial charge on any atom is -0.353 e. The number of hydrogen-bond acceptors (Lipinski definition) is 1. The zero-order valence-corrected chi connectivity index (χ0v) is 8.94. The van der Waals surface area contributed by atoms with E-state index in [1.807, 2.05) is 6.92 Å². The standard InChI is InChI=1S/C10H18ClNO/c1-8(11)7-10(13)12-9-5-3-2-4-6-9/h8-9H,2-7H2,1H3,(H,12,13). The van der Waals surface area contributed by atoms with Gasteiger partial charge in [-0.2, -0.15) is 0 Å². The van der Waals surface area contributed by atoms with Gasteiger partial charge in [0.05, 0.1) is 0 Å². The summed E-state index contributed by atoms with van der Waals surface area (Å²) in [6.45, 7) is 1.85. The van der Waals surface area contributed by atoms with Gasteiger partial charge >= 0.3 is 0 Å². The van der Waals surface area contributed by atoms with E-state index in [-0.39, 0.29) is 11.3 Å². The van der Waals surface area contributed by atoms with Gasteiger partial charge in [-0.05, 0) is 19.8 Å². The van der Waals surface area contributed by atoms with E-state index >= 15 is 0 Å². The quantitative estimate of drug-likeness (QED) is 0.702. The SMILES string of the molecule is CC(Cl)CC(=O)NC1CCCCC1. The van der Waals surface area contributed by atoms with Gasteiger partial charge in [0, 0.05) is 17.8 Å². The molecule has 1 aliphatic rings. The van der Waals surface area contributed by atoms with Crippen molar-refractivity contribution in [2.24, 2.45) is 0 Å². The fourth-order valence-corrected chi connectivity index (χ4v) is 1.93. The van der Waals surface area contributed by atoms with Crippen LogP contribution in [-0.4, -0.2) is 17.3 Å². The number of alkyl halides is 1. The lowest BCUT2D eigenvalue weighted by atomic mass is 9.95. The second-order valence-electron chi connectivity index (χ2n) is 3.89. The summed E-state index contributed by atoms with van der Waals surface area (Å²) in [5.41, 5.74) is 0. The Hall–Kier alpha value is -0.240. The van der Waals surface area contributed by atoms with Crippen molar-refractivity contribution in [3.8, 4) is 0 Å². The molecule has 1 rings (SSSR count). The molecule has 0 radical (unpaired) electrons. The molecule has 1 aliphatic carbocycles. The fraction of sp³-hybridized carbons (Fsp3) is 0.900. The van der Waals surface area contributed by atoms with Crippen molar-refractivity contribution in [1.82, 2.24) is 5.32 Å². The summed E-state index contributed by atoms with van der Waals surface area (Å²) in [5.74, 6) is 0.106. The van der Waals surface area contributed by atoms with Gasteiger partial charge in [-0.1, -0.05) is 19.3 Å². The average Bonchev–Trinajstić information content (AvgIpc) is 2.04. The van der Waals surface area contributed by atoms with E-state index in [1.54, 1.807) is 0 Å². The molecule has 0 aliphatic heterocycles. The zero-order valence-electron chi connectivity index (χ0n) is 8.18. The van der Waals surface area contributed by atoms with Crippen LogP contribution in [0.1, 0.15) is 45.4 Å². The van der Waals surface area contributed by atoms with E-state index in [9.17, 15) is 4.79 Å². The molecule has 0 heterocycles. The van der Waals surface area contributed by atoms with E-state index in [0.29, 0.717) is 12.5 Å². The molecule has 13 heavy (non-hydrogen) atoms. The molecule has 1 atom stereocenters. The van der Waals surface area contributed by atoms with E-state index in [1.165, 1.54) is 19.3 Å². The number of rotatable bonds is 3. The summed E-state index contributed by atoms with van der Waals surface area (Å²) < 4.78 is 0. The number of nitrogens with one attached hydrogen (secondary N) is 1. The van der Waals surface area contributed by atoms with Crippen LogP contribution in [0.5, 0.6) is 0 Å². The molecule has 2 nitrogen and oxygen atoms in total. The summed E-state index contributed by atoms with van der Waals surface area (Å²) in [6, 6.07) is 0.414. The summed E-state index contributed by atoms with van der Waals surface area (Å²) >= 11 is 5.73. The second kappa shape index (κ2) is 5.48. The number of carbonyl (C=O) groups excluding carboxylic acids is 1. The molecule has 1 saturated carbocycles. The normalized spacial score (nSPS) is 21.1. The van der Waals surface area contributed by atoms with E-state index in [4.69, 9.17) is 11.6 Å². The molecule has 3 heteroatoms. The van der Waals surface area contributed by atoms with Gasteiger partial charge in [-0.25, -0.2) is 0 Å². The second-order valence-corrected chi connectivity index (χ2v) is 4.63. The molecule has 0 bridgehead atoms. The number of carbonyl (C=O) groups is 1. The molecule has 1 N–H and O–H groups in total. The zero-order chi connectivity index (χ0) is 9.68. The van der Waals surface area contributed by atoms with Crippen LogP contribution in [0.3, 0.4) is 0 Å². The Bertz CT molecular complexity index is 164. The summed E-state index contributed by atoms with van der Waals surface area (Å²) in [7, 11) is 0. The van der Waals surface area contributed by atoms with Gasteiger partial charge < -0.3 is 5.32 Å². The van der Waals surface area contributed by atoms with Crippen molar-refractivity contribution >= 4 is 17.5 Å². The van der Waals surface area contributed by atoms with Crippen LogP contribution in [0.2, 0.25) is 0 Å². The molecule has 0 aromatic carbocycles. The third-order valence-corrected chi connectivity index (χ3v) is 2.59. The lowest BCUT2D eigenvalue weighted by molar-refractivity contribution is -0.121. The maximum atomic E-state index is 11.3. The molecule has 76 valence electrons. The Morgan fingerprint density at radius 2 is 2.08 bits per heavy atom. The van der Waals surface area contributed by atoms with Crippen LogP contribution in [-0.2, 0) is 4.79 Å². The number of amides is 1. The molecule has 1 fully saturated rings.